The molecule has 0 radical (unpaired) electrons. The van der Waals surface area contributed by atoms with E-state index in [4.69, 9.17) is 0 Å². The molecule has 4 heteroatoms. The Morgan fingerprint density at radius 3 is 2.25 bits per heavy atom. The SMILES string of the molecule is CC(C)n1ccc(CC(CO)(CO)c2ccccc2)n1. The molecule has 0 unspecified atom stereocenters. The molecule has 0 saturated heterocycles. The van der Waals surface area contributed by atoms with Crippen LogP contribution >= 0.6 is 0 Å². The highest BCUT2D eigenvalue weighted by atomic mass is 16.3. The lowest BCUT2D eigenvalue weighted by molar-refractivity contribution is 0.115. The van der Waals surface area contributed by atoms with Crippen molar-refractivity contribution in [2.45, 2.75) is 31.7 Å². The van der Waals surface area contributed by atoms with Gasteiger partial charge in [0.25, 0.3) is 0 Å². The highest BCUT2D eigenvalue weighted by Crippen LogP contribution is 2.27. The van der Waals surface area contributed by atoms with Crippen LogP contribution in [0.4, 0.5) is 0 Å². The number of aliphatic hydroxyl groups is 2. The van der Waals surface area contributed by atoms with Crippen LogP contribution in [0.5, 0.6) is 0 Å². The Morgan fingerprint density at radius 1 is 1.10 bits per heavy atom. The maximum absolute atomic E-state index is 9.81. The van der Waals surface area contributed by atoms with E-state index in [1.807, 2.05) is 47.3 Å². The molecule has 0 atom stereocenters. The van der Waals surface area contributed by atoms with Crippen LogP contribution in [0.3, 0.4) is 0 Å². The Labute approximate surface area is 119 Å². The van der Waals surface area contributed by atoms with Gasteiger partial charge in [-0.2, -0.15) is 5.10 Å². The first kappa shape index (κ1) is 14.8. The molecule has 0 spiro atoms. The van der Waals surface area contributed by atoms with Crippen molar-refractivity contribution in [1.82, 2.24) is 9.78 Å². The lowest BCUT2D eigenvalue weighted by atomic mass is 9.78. The molecule has 20 heavy (non-hydrogen) atoms. The van der Waals surface area contributed by atoms with Crippen LogP contribution in [0.25, 0.3) is 0 Å². The normalized spacial score (nSPS) is 12.1. The number of aromatic nitrogens is 2. The first-order chi connectivity index (χ1) is 9.61. The summed E-state index contributed by atoms with van der Waals surface area (Å²) in [7, 11) is 0. The first-order valence-electron chi connectivity index (χ1n) is 6.92. The average molecular weight is 274 g/mol. The third-order valence-corrected chi connectivity index (χ3v) is 3.70. The van der Waals surface area contributed by atoms with Crippen molar-refractivity contribution in [2.75, 3.05) is 13.2 Å². The Hall–Kier alpha value is -1.65. The van der Waals surface area contributed by atoms with E-state index in [2.05, 4.69) is 18.9 Å². The summed E-state index contributed by atoms with van der Waals surface area (Å²) in [6, 6.07) is 11.9. The fraction of sp³-hybridized carbons (Fsp3) is 0.438. The van der Waals surface area contributed by atoms with Gasteiger partial charge in [0, 0.05) is 24.1 Å². The largest absolute Gasteiger partial charge is 0.395 e. The average Bonchev–Trinajstić information content (AvgIpc) is 2.94. The first-order valence-corrected chi connectivity index (χ1v) is 6.92. The molecular weight excluding hydrogens is 252 g/mol. The highest BCUT2D eigenvalue weighted by Gasteiger charge is 2.32. The number of benzene rings is 1. The van der Waals surface area contributed by atoms with Gasteiger partial charge in [0.15, 0.2) is 0 Å². The number of rotatable bonds is 6. The van der Waals surface area contributed by atoms with Crippen molar-refractivity contribution in [3.63, 3.8) is 0 Å². The molecule has 0 saturated carbocycles. The zero-order valence-corrected chi connectivity index (χ0v) is 12.0. The summed E-state index contributed by atoms with van der Waals surface area (Å²) in [4.78, 5) is 0. The van der Waals surface area contributed by atoms with Crippen LogP contribution in [-0.2, 0) is 11.8 Å². The summed E-state index contributed by atoms with van der Waals surface area (Å²) in [6.07, 6.45) is 2.45. The molecule has 108 valence electrons. The molecular formula is C16H22N2O2. The summed E-state index contributed by atoms with van der Waals surface area (Å²) in [5, 5.41) is 24.1. The number of nitrogens with zero attached hydrogens (tertiary/aromatic N) is 2. The van der Waals surface area contributed by atoms with Gasteiger partial charge in [0.2, 0.25) is 0 Å². The molecule has 1 heterocycles. The van der Waals surface area contributed by atoms with Gasteiger partial charge in [-0.15, -0.1) is 0 Å². The van der Waals surface area contributed by atoms with E-state index in [-0.39, 0.29) is 13.2 Å². The Morgan fingerprint density at radius 2 is 1.75 bits per heavy atom. The summed E-state index contributed by atoms with van der Waals surface area (Å²) in [5.41, 5.74) is 1.13. The second kappa shape index (κ2) is 6.20. The molecule has 1 aromatic heterocycles. The maximum atomic E-state index is 9.81. The smallest absolute Gasteiger partial charge is 0.0635 e. The van der Waals surface area contributed by atoms with Gasteiger partial charge in [-0.1, -0.05) is 30.3 Å². The minimum Gasteiger partial charge on any atom is -0.395 e. The molecule has 0 fully saturated rings. The third-order valence-electron chi connectivity index (χ3n) is 3.70. The second-order valence-electron chi connectivity index (χ2n) is 5.52. The van der Waals surface area contributed by atoms with Crippen LogP contribution < -0.4 is 0 Å². The summed E-state index contributed by atoms with van der Waals surface area (Å²) < 4.78 is 1.89. The predicted molar refractivity (Wildman–Crippen MR) is 78.6 cm³/mol. The Kier molecular flexibility index (Phi) is 4.57. The van der Waals surface area contributed by atoms with E-state index in [1.54, 1.807) is 0 Å². The van der Waals surface area contributed by atoms with Gasteiger partial charge in [-0.3, -0.25) is 4.68 Å². The number of hydrogen-bond donors (Lipinski definition) is 2. The van der Waals surface area contributed by atoms with E-state index in [9.17, 15) is 10.2 Å². The summed E-state index contributed by atoms with van der Waals surface area (Å²) >= 11 is 0. The minimum absolute atomic E-state index is 0.109. The molecule has 1 aromatic carbocycles. The molecule has 0 aliphatic heterocycles. The van der Waals surface area contributed by atoms with Crippen LogP contribution in [-0.4, -0.2) is 33.2 Å². The summed E-state index contributed by atoms with van der Waals surface area (Å²) in [5.74, 6) is 0. The molecule has 2 aromatic rings. The third kappa shape index (κ3) is 2.92. The van der Waals surface area contributed by atoms with E-state index < -0.39 is 5.41 Å². The van der Waals surface area contributed by atoms with Gasteiger partial charge in [0.1, 0.15) is 0 Å². The van der Waals surface area contributed by atoms with E-state index in [0.29, 0.717) is 12.5 Å². The van der Waals surface area contributed by atoms with Gasteiger partial charge < -0.3 is 10.2 Å². The second-order valence-corrected chi connectivity index (χ2v) is 5.52. The fourth-order valence-corrected chi connectivity index (χ4v) is 2.34. The number of hydrogen-bond acceptors (Lipinski definition) is 3. The van der Waals surface area contributed by atoms with Crippen LogP contribution in [0.2, 0.25) is 0 Å². The van der Waals surface area contributed by atoms with Gasteiger partial charge in [-0.25, -0.2) is 0 Å². The van der Waals surface area contributed by atoms with E-state index in [1.165, 1.54) is 0 Å². The minimum atomic E-state index is -0.683. The zero-order chi connectivity index (χ0) is 14.6. The molecule has 0 bridgehead atoms. The van der Waals surface area contributed by atoms with Crippen LogP contribution in [0.15, 0.2) is 42.6 Å². The van der Waals surface area contributed by atoms with E-state index >= 15 is 0 Å². The van der Waals surface area contributed by atoms with Crippen molar-refractivity contribution in [1.29, 1.82) is 0 Å². The Balaban J connectivity index is 2.29. The lowest BCUT2D eigenvalue weighted by Crippen LogP contribution is -2.37. The molecule has 4 nitrogen and oxygen atoms in total. The van der Waals surface area contributed by atoms with Crippen LogP contribution in [0, 0.1) is 0 Å². The molecule has 2 N–H and O–H groups in total. The van der Waals surface area contributed by atoms with Crippen molar-refractivity contribution in [3.8, 4) is 0 Å². The van der Waals surface area contributed by atoms with E-state index in [0.717, 1.165) is 11.3 Å². The van der Waals surface area contributed by atoms with Crippen molar-refractivity contribution < 1.29 is 10.2 Å². The monoisotopic (exact) mass is 274 g/mol. The summed E-state index contributed by atoms with van der Waals surface area (Å²) in [6.45, 7) is 3.92. The topological polar surface area (TPSA) is 58.3 Å². The predicted octanol–water partition coefficient (Wildman–Crippen LogP) is 1.93. The quantitative estimate of drug-likeness (QED) is 0.846. The zero-order valence-electron chi connectivity index (χ0n) is 12.0. The van der Waals surface area contributed by atoms with Crippen molar-refractivity contribution in [2.24, 2.45) is 0 Å². The fourth-order valence-electron chi connectivity index (χ4n) is 2.34. The van der Waals surface area contributed by atoms with Gasteiger partial charge >= 0.3 is 0 Å². The Bertz CT molecular complexity index is 530. The number of aliphatic hydroxyl groups excluding tert-OH is 2. The maximum Gasteiger partial charge on any atom is 0.0635 e. The van der Waals surface area contributed by atoms with Gasteiger partial charge in [-0.05, 0) is 25.5 Å². The standard InChI is InChI=1S/C16H22N2O2/c1-13(2)18-9-8-15(17-18)10-16(11-19,12-20)14-6-4-3-5-7-14/h3-9,13,19-20H,10-12H2,1-2H3. The molecule has 2 rings (SSSR count). The highest BCUT2D eigenvalue weighted by molar-refractivity contribution is 5.28. The van der Waals surface area contributed by atoms with Crippen molar-refractivity contribution >= 4 is 0 Å². The lowest BCUT2D eigenvalue weighted by Gasteiger charge is -2.29. The van der Waals surface area contributed by atoms with Gasteiger partial charge in [0.05, 0.1) is 18.9 Å². The molecule has 0 amide bonds. The molecule has 0 aliphatic carbocycles. The molecule has 0 aliphatic rings. The van der Waals surface area contributed by atoms with Crippen LogP contribution in [0.1, 0.15) is 31.1 Å². The van der Waals surface area contributed by atoms with Crippen molar-refractivity contribution in [3.05, 3.63) is 53.9 Å².